The number of hydrogen-bond acceptors (Lipinski definition) is 3. The van der Waals surface area contributed by atoms with Crippen molar-refractivity contribution in [2.75, 3.05) is 17.6 Å². The number of aryl methyl sites for hydroxylation is 1. The van der Waals surface area contributed by atoms with E-state index >= 15 is 0 Å². The molecule has 0 bridgehead atoms. The van der Waals surface area contributed by atoms with E-state index in [0.717, 1.165) is 0 Å². The highest BCUT2D eigenvalue weighted by Crippen LogP contribution is 2.29. The van der Waals surface area contributed by atoms with Gasteiger partial charge in [-0.1, -0.05) is 0 Å². The van der Waals surface area contributed by atoms with E-state index in [9.17, 15) is 13.2 Å². The third kappa shape index (κ3) is 3.91. The molecule has 0 saturated carbocycles. The molecule has 0 amide bonds. The van der Waals surface area contributed by atoms with Crippen LogP contribution in [0.3, 0.4) is 0 Å². The van der Waals surface area contributed by atoms with Gasteiger partial charge in [0.25, 0.3) is 0 Å². The van der Waals surface area contributed by atoms with Gasteiger partial charge in [-0.15, -0.1) is 0 Å². The van der Waals surface area contributed by atoms with Gasteiger partial charge < -0.3 is 9.88 Å². The van der Waals surface area contributed by atoms with Crippen molar-refractivity contribution in [2.45, 2.75) is 5.51 Å². The molecule has 3 nitrogen and oxygen atoms in total. The minimum absolute atomic E-state index is 0.0175. The number of halogens is 3. The topological polar surface area (TPSA) is 29.9 Å². The fourth-order valence-electron chi connectivity index (χ4n) is 0.866. The summed E-state index contributed by atoms with van der Waals surface area (Å²) in [6.07, 6.45) is 3.30. The zero-order chi connectivity index (χ0) is 10.6. The monoisotopic (exact) mass is 225 g/mol. The molecule has 0 unspecified atom stereocenters. The molecule has 1 N–H and O–H groups in total. The van der Waals surface area contributed by atoms with Crippen LogP contribution in [0, 0.1) is 0 Å². The predicted molar refractivity (Wildman–Crippen MR) is 50.2 cm³/mol. The summed E-state index contributed by atoms with van der Waals surface area (Å²) in [5, 5.41) is 2.80. The maximum Gasteiger partial charge on any atom is 0.441 e. The number of rotatable bonds is 4. The Balaban J connectivity index is 2.20. The second kappa shape index (κ2) is 4.59. The lowest BCUT2D eigenvalue weighted by Crippen LogP contribution is -2.11. The van der Waals surface area contributed by atoms with Crippen molar-refractivity contribution in [3.8, 4) is 0 Å². The molecular weight excluding hydrogens is 215 g/mol. The quantitative estimate of drug-likeness (QED) is 0.796. The van der Waals surface area contributed by atoms with Gasteiger partial charge in [-0.05, 0) is 11.8 Å². The molecule has 0 aliphatic rings. The molecule has 1 rings (SSSR count). The van der Waals surface area contributed by atoms with Gasteiger partial charge in [-0.3, -0.25) is 0 Å². The summed E-state index contributed by atoms with van der Waals surface area (Å²) in [5.74, 6) is 0.559. The van der Waals surface area contributed by atoms with E-state index in [0.29, 0.717) is 5.95 Å². The molecule has 0 aromatic carbocycles. The van der Waals surface area contributed by atoms with Gasteiger partial charge in [0.1, 0.15) is 0 Å². The third-order valence-electron chi connectivity index (χ3n) is 1.47. The Kier molecular flexibility index (Phi) is 3.68. The Bertz CT molecular complexity index is 284. The highest BCUT2D eigenvalue weighted by molar-refractivity contribution is 8.00. The highest BCUT2D eigenvalue weighted by atomic mass is 32.2. The van der Waals surface area contributed by atoms with Gasteiger partial charge in [0.05, 0.1) is 0 Å². The largest absolute Gasteiger partial charge is 0.441 e. The zero-order valence-electron chi connectivity index (χ0n) is 7.51. The van der Waals surface area contributed by atoms with Gasteiger partial charge >= 0.3 is 5.51 Å². The standard InChI is InChI=1S/C7H10F3N3S/c1-13-4-2-11-6(13)12-3-5-14-7(8,9)10/h2,4H,3,5H2,1H3,(H,11,12). The number of hydrogen-bond donors (Lipinski definition) is 1. The summed E-state index contributed by atoms with van der Waals surface area (Å²) < 4.78 is 36.9. The number of nitrogens with zero attached hydrogens (tertiary/aromatic N) is 2. The van der Waals surface area contributed by atoms with Gasteiger partial charge in [-0.25, -0.2) is 4.98 Å². The highest BCUT2D eigenvalue weighted by Gasteiger charge is 2.27. The Morgan fingerprint density at radius 3 is 2.79 bits per heavy atom. The minimum Gasteiger partial charge on any atom is -0.355 e. The van der Waals surface area contributed by atoms with E-state index in [-0.39, 0.29) is 24.1 Å². The molecule has 14 heavy (non-hydrogen) atoms. The molecule has 0 fully saturated rings. The molecule has 0 aliphatic heterocycles. The molecule has 0 saturated heterocycles. The Morgan fingerprint density at radius 2 is 2.29 bits per heavy atom. The number of imidazole rings is 1. The lowest BCUT2D eigenvalue weighted by atomic mass is 10.7. The number of aromatic nitrogens is 2. The fraction of sp³-hybridized carbons (Fsp3) is 0.571. The second-order valence-electron chi connectivity index (χ2n) is 2.58. The van der Waals surface area contributed by atoms with Crippen LogP contribution < -0.4 is 5.32 Å². The van der Waals surface area contributed by atoms with Crippen LogP contribution in [-0.4, -0.2) is 27.4 Å². The first-order chi connectivity index (χ1) is 6.49. The first-order valence-corrected chi connectivity index (χ1v) is 4.89. The fourth-order valence-corrected chi connectivity index (χ4v) is 1.30. The van der Waals surface area contributed by atoms with Crippen molar-refractivity contribution in [3.63, 3.8) is 0 Å². The first-order valence-electron chi connectivity index (χ1n) is 3.91. The summed E-state index contributed by atoms with van der Waals surface area (Å²) in [6.45, 7) is 0.245. The molecule has 0 spiro atoms. The van der Waals surface area contributed by atoms with Crippen molar-refractivity contribution >= 4 is 17.7 Å². The Morgan fingerprint density at radius 1 is 1.57 bits per heavy atom. The van der Waals surface area contributed by atoms with Gasteiger partial charge in [0.2, 0.25) is 5.95 Å². The van der Waals surface area contributed by atoms with E-state index in [1.54, 1.807) is 24.0 Å². The molecule has 0 atom stereocenters. The van der Waals surface area contributed by atoms with E-state index in [1.165, 1.54) is 0 Å². The summed E-state index contributed by atoms with van der Waals surface area (Å²) >= 11 is -0.0383. The Labute approximate surface area is 83.7 Å². The van der Waals surface area contributed by atoms with Crippen molar-refractivity contribution in [3.05, 3.63) is 12.4 Å². The molecule has 0 aliphatic carbocycles. The van der Waals surface area contributed by atoms with E-state index in [2.05, 4.69) is 10.3 Å². The zero-order valence-corrected chi connectivity index (χ0v) is 8.32. The SMILES string of the molecule is Cn1ccnc1NCCSC(F)(F)F. The van der Waals surface area contributed by atoms with Crippen LogP contribution in [0.4, 0.5) is 19.1 Å². The van der Waals surface area contributed by atoms with E-state index in [1.807, 2.05) is 0 Å². The van der Waals surface area contributed by atoms with Gasteiger partial charge in [0, 0.05) is 31.7 Å². The van der Waals surface area contributed by atoms with Gasteiger partial charge in [-0.2, -0.15) is 13.2 Å². The maximum absolute atomic E-state index is 11.7. The second-order valence-corrected chi connectivity index (χ2v) is 3.74. The third-order valence-corrected chi connectivity index (χ3v) is 2.21. The molecule has 80 valence electrons. The number of anilines is 1. The van der Waals surface area contributed by atoms with Crippen LogP contribution in [0.15, 0.2) is 12.4 Å². The predicted octanol–water partition coefficient (Wildman–Crippen LogP) is 2.08. The Hall–Kier alpha value is -0.850. The average molecular weight is 225 g/mol. The summed E-state index contributed by atoms with van der Waals surface area (Å²) in [5.41, 5.74) is -4.15. The summed E-state index contributed by atoms with van der Waals surface area (Å²) in [7, 11) is 1.77. The van der Waals surface area contributed by atoms with Gasteiger partial charge in [0.15, 0.2) is 0 Å². The van der Waals surface area contributed by atoms with E-state index in [4.69, 9.17) is 0 Å². The van der Waals surface area contributed by atoms with Crippen molar-refractivity contribution in [1.29, 1.82) is 0 Å². The van der Waals surface area contributed by atoms with Crippen LogP contribution in [-0.2, 0) is 7.05 Å². The first kappa shape index (κ1) is 11.2. The molecule has 1 heterocycles. The number of alkyl halides is 3. The minimum atomic E-state index is -4.15. The van der Waals surface area contributed by atoms with Crippen LogP contribution in [0.1, 0.15) is 0 Å². The van der Waals surface area contributed by atoms with Crippen LogP contribution in [0.5, 0.6) is 0 Å². The average Bonchev–Trinajstić information content (AvgIpc) is 2.44. The molecule has 1 aromatic rings. The molecule has 1 aromatic heterocycles. The molecule has 7 heteroatoms. The van der Waals surface area contributed by atoms with Crippen molar-refractivity contribution < 1.29 is 13.2 Å². The van der Waals surface area contributed by atoms with Crippen LogP contribution in [0.25, 0.3) is 0 Å². The smallest absolute Gasteiger partial charge is 0.355 e. The lowest BCUT2D eigenvalue weighted by Gasteiger charge is -2.07. The van der Waals surface area contributed by atoms with Crippen LogP contribution in [0.2, 0.25) is 0 Å². The molecule has 0 radical (unpaired) electrons. The summed E-state index contributed by atoms with van der Waals surface area (Å²) in [6, 6.07) is 0. The maximum atomic E-state index is 11.7. The number of thioether (sulfide) groups is 1. The normalized spacial score (nSPS) is 11.7. The summed E-state index contributed by atoms with van der Waals surface area (Å²) in [4.78, 5) is 3.91. The van der Waals surface area contributed by atoms with Crippen molar-refractivity contribution in [2.24, 2.45) is 7.05 Å². The molecular formula is C7H10F3N3S. The number of nitrogens with one attached hydrogen (secondary N) is 1. The lowest BCUT2D eigenvalue weighted by molar-refractivity contribution is -0.0327. The van der Waals surface area contributed by atoms with E-state index < -0.39 is 5.51 Å². The van der Waals surface area contributed by atoms with Crippen LogP contribution >= 0.6 is 11.8 Å². The van der Waals surface area contributed by atoms with Crippen molar-refractivity contribution in [1.82, 2.24) is 9.55 Å².